The van der Waals surface area contributed by atoms with E-state index in [1.54, 1.807) is 0 Å². The zero-order valence-electron chi connectivity index (χ0n) is 12.5. The van der Waals surface area contributed by atoms with Crippen LogP contribution in [-0.4, -0.2) is 31.6 Å². The second-order valence-electron chi connectivity index (χ2n) is 5.40. The monoisotopic (exact) mass is 312 g/mol. The molecule has 0 saturated carbocycles. The van der Waals surface area contributed by atoms with Gasteiger partial charge in [-0.2, -0.15) is 0 Å². The lowest BCUT2D eigenvalue weighted by Crippen LogP contribution is -2.47. The second-order valence-corrected chi connectivity index (χ2v) is 5.40. The topological polar surface area (TPSA) is 50.4 Å². The van der Waals surface area contributed by atoms with Gasteiger partial charge in [-0.1, -0.05) is 25.1 Å². The van der Waals surface area contributed by atoms with Crippen LogP contribution in [0.1, 0.15) is 26.2 Å². The van der Waals surface area contributed by atoms with Gasteiger partial charge in [0.05, 0.1) is 6.61 Å². The zero-order valence-corrected chi connectivity index (χ0v) is 13.3. The van der Waals surface area contributed by atoms with E-state index in [2.05, 4.69) is 10.6 Å². The molecule has 118 valence electrons. The summed E-state index contributed by atoms with van der Waals surface area (Å²) < 4.78 is 5.62. The van der Waals surface area contributed by atoms with Gasteiger partial charge in [-0.15, -0.1) is 12.4 Å². The summed E-state index contributed by atoms with van der Waals surface area (Å²) in [6.45, 7) is 4.48. The van der Waals surface area contributed by atoms with Crippen LogP contribution in [0.5, 0.6) is 5.75 Å². The van der Waals surface area contributed by atoms with Gasteiger partial charge < -0.3 is 15.4 Å². The Morgan fingerprint density at radius 1 is 1.43 bits per heavy atom. The summed E-state index contributed by atoms with van der Waals surface area (Å²) >= 11 is 0. The highest BCUT2D eigenvalue weighted by molar-refractivity contribution is 5.85. The summed E-state index contributed by atoms with van der Waals surface area (Å²) in [5, 5.41) is 6.41. The van der Waals surface area contributed by atoms with Crippen LogP contribution >= 0.6 is 12.4 Å². The predicted octanol–water partition coefficient (Wildman–Crippen LogP) is 2.38. The van der Waals surface area contributed by atoms with E-state index in [-0.39, 0.29) is 30.3 Å². The standard InChI is InChI=1S/C16H24N2O2.ClH/c1-13(9-11-20-15-7-3-2-4-8-15)16(19)18-14-6-5-10-17-12-14;/h2-4,7-8,13-14,17H,5-6,9-12H2,1H3,(H,18,19);1H. The lowest BCUT2D eigenvalue weighted by molar-refractivity contribution is -0.125. The molecule has 0 radical (unpaired) electrons. The highest BCUT2D eigenvalue weighted by Crippen LogP contribution is 2.11. The average Bonchev–Trinajstić information content (AvgIpc) is 2.49. The molecule has 1 aromatic rings. The van der Waals surface area contributed by atoms with Crippen LogP contribution in [0.15, 0.2) is 30.3 Å². The van der Waals surface area contributed by atoms with Crippen molar-refractivity contribution in [1.82, 2.24) is 10.6 Å². The molecule has 1 fully saturated rings. The quantitative estimate of drug-likeness (QED) is 0.848. The highest BCUT2D eigenvalue weighted by Gasteiger charge is 2.19. The Hall–Kier alpha value is -1.26. The van der Waals surface area contributed by atoms with Crippen molar-refractivity contribution >= 4 is 18.3 Å². The van der Waals surface area contributed by atoms with Crippen LogP contribution < -0.4 is 15.4 Å². The van der Waals surface area contributed by atoms with Crippen LogP contribution in [-0.2, 0) is 4.79 Å². The molecule has 4 nitrogen and oxygen atoms in total. The average molecular weight is 313 g/mol. The van der Waals surface area contributed by atoms with Crippen molar-refractivity contribution in [3.8, 4) is 5.75 Å². The fraction of sp³-hybridized carbons (Fsp3) is 0.562. The third-order valence-electron chi connectivity index (χ3n) is 3.65. The van der Waals surface area contributed by atoms with Crippen molar-refractivity contribution in [3.63, 3.8) is 0 Å². The minimum Gasteiger partial charge on any atom is -0.494 e. The van der Waals surface area contributed by atoms with Crippen LogP contribution in [0, 0.1) is 5.92 Å². The Morgan fingerprint density at radius 3 is 2.86 bits per heavy atom. The molecule has 1 heterocycles. The van der Waals surface area contributed by atoms with E-state index in [1.165, 1.54) is 0 Å². The molecule has 1 amide bonds. The SMILES string of the molecule is CC(CCOc1ccccc1)C(=O)NC1CCCNC1.Cl. The molecule has 0 aromatic heterocycles. The number of amides is 1. The Labute approximate surface area is 133 Å². The summed E-state index contributed by atoms with van der Waals surface area (Å²) in [6.07, 6.45) is 2.95. The number of hydrogen-bond acceptors (Lipinski definition) is 3. The summed E-state index contributed by atoms with van der Waals surface area (Å²) in [5.41, 5.74) is 0. The van der Waals surface area contributed by atoms with Crippen molar-refractivity contribution in [3.05, 3.63) is 30.3 Å². The maximum atomic E-state index is 12.1. The Kier molecular flexibility index (Phi) is 8.16. The minimum absolute atomic E-state index is 0. The number of carbonyl (C=O) groups excluding carboxylic acids is 1. The Balaban J connectivity index is 0.00000220. The first-order chi connectivity index (χ1) is 9.75. The molecule has 0 aliphatic carbocycles. The molecule has 2 unspecified atom stereocenters. The molecular weight excluding hydrogens is 288 g/mol. The van der Waals surface area contributed by atoms with Gasteiger partial charge in [0, 0.05) is 18.5 Å². The van der Waals surface area contributed by atoms with Gasteiger partial charge in [0.15, 0.2) is 0 Å². The fourth-order valence-electron chi connectivity index (χ4n) is 2.32. The van der Waals surface area contributed by atoms with E-state index in [0.717, 1.165) is 38.1 Å². The Morgan fingerprint density at radius 2 is 2.19 bits per heavy atom. The summed E-state index contributed by atoms with van der Waals surface area (Å²) in [4.78, 5) is 12.1. The van der Waals surface area contributed by atoms with Gasteiger partial charge in [-0.25, -0.2) is 0 Å². The molecule has 5 heteroatoms. The molecule has 1 aliphatic rings. The lowest BCUT2D eigenvalue weighted by Gasteiger charge is -2.25. The van der Waals surface area contributed by atoms with E-state index >= 15 is 0 Å². The lowest BCUT2D eigenvalue weighted by atomic mass is 10.0. The molecule has 21 heavy (non-hydrogen) atoms. The second kappa shape index (κ2) is 9.64. The third kappa shape index (κ3) is 6.36. The van der Waals surface area contributed by atoms with Gasteiger partial charge >= 0.3 is 0 Å². The number of hydrogen-bond donors (Lipinski definition) is 2. The molecular formula is C16H25ClN2O2. The number of carbonyl (C=O) groups is 1. The number of nitrogens with one attached hydrogen (secondary N) is 2. The molecule has 0 spiro atoms. The summed E-state index contributed by atoms with van der Waals surface area (Å²) in [5.74, 6) is 0.979. The molecule has 1 saturated heterocycles. The van der Waals surface area contributed by atoms with Gasteiger partial charge in [-0.05, 0) is 37.9 Å². The molecule has 1 aromatic carbocycles. The molecule has 1 aliphatic heterocycles. The number of benzene rings is 1. The van der Waals surface area contributed by atoms with Gasteiger partial charge in [0.25, 0.3) is 0 Å². The number of para-hydroxylation sites is 1. The Bertz CT molecular complexity index is 408. The van der Waals surface area contributed by atoms with E-state index in [1.807, 2.05) is 37.3 Å². The molecule has 0 bridgehead atoms. The maximum absolute atomic E-state index is 12.1. The number of ether oxygens (including phenoxy) is 1. The number of rotatable bonds is 6. The van der Waals surface area contributed by atoms with E-state index in [9.17, 15) is 4.79 Å². The van der Waals surface area contributed by atoms with Gasteiger partial charge in [0.2, 0.25) is 5.91 Å². The zero-order chi connectivity index (χ0) is 14.2. The first-order valence-corrected chi connectivity index (χ1v) is 7.44. The van der Waals surface area contributed by atoms with E-state index < -0.39 is 0 Å². The highest BCUT2D eigenvalue weighted by atomic mass is 35.5. The van der Waals surface area contributed by atoms with Crippen molar-refractivity contribution in [2.45, 2.75) is 32.2 Å². The minimum atomic E-state index is -0.0133. The predicted molar refractivity (Wildman–Crippen MR) is 87.0 cm³/mol. The van der Waals surface area contributed by atoms with E-state index in [4.69, 9.17) is 4.74 Å². The van der Waals surface area contributed by atoms with Crippen molar-refractivity contribution < 1.29 is 9.53 Å². The largest absolute Gasteiger partial charge is 0.494 e. The van der Waals surface area contributed by atoms with Crippen LogP contribution in [0.3, 0.4) is 0 Å². The third-order valence-corrected chi connectivity index (χ3v) is 3.65. The van der Waals surface area contributed by atoms with Crippen LogP contribution in [0.4, 0.5) is 0 Å². The normalized spacial score (nSPS) is 19.2. The van der Waals surface area contributed by atoms with Crippen LogP contribution in [0.2, 0.25) is 0 Å². The smallest absolute Gasteiger partial charge is 0.223 e. The van der Waals surface area contributed by atoms with Crippen molar-refractivity contribution in [2.75, 3.05) is 19.7 Å². The molecule has 2 N–H and O–H groups in total. The number of piperidine rings is 1. The van der Waals surface area contributed by atoms with Gasteiger partial charge in [-0.3, -0.25) is 4.79 Å². The molecule has 2 atom stereocenters. The summed E-state index contributed by atoms with van der Waals surface area (Å²) in [7, 11) is 0. The first-order valence-electron chi connectivity index (χ1n) is 7.44. The van der Waals surface area contributed by atoms with Crippen molar-refractivity contribution in [2.24, 2.45) is 5.92 Å². The first kappa shape index (κ1) is 17.8. The number of halogens is 1. The van der Waals surface area contributed by atoms with E-state index in [0.29, 0.717) is 6.61 Å². The van der Waals surface area contributed by atoms with Gasteiger partial charge in [0.1, 0.15) is 5.75 Å². The van der Waals surface area contributed by atoms with Crippen LogP contribution in [0.25, 0.3) is 0 Å². The van der Waals surface area contributed by atoms with Crippen molar-refractivity contribution in [1.29, 1.82) is 0 Å². The fourth-order valence-corrected chi connectivity index (χ4v) is 2.32. The molecule has 2 rings (SSSR count). The summed E-state index contributed by atoms with van der Waals surface area (Å²) in [6, 6.07) is 10.00. The maximum Gasteiger partial charge on any atom is 0.223 e.